The van der Waals surface area contributed by atoms with Gasteiger partial charge in [0.2, 0.25) is 0 Å². The van der Waals surface area contributed by atoms with Crippen molar-refractivity contribution >= 4 is 6.03 Å². The van der Waals surface area contributed by atoms with Gasteiger partial charge in [-0.2, -0.15) is 0 Å². The number of nitrogens with zero attached hydrogens (tertiary/aromatic N) is 1. The molecule has 2 amide bonds. The predicted octanol–water partition coefficient (Wildman–Crippen LogP) is 2.02. The van der Waals surface area contributed by atoms with Gasteiger partial charge in [0.1, 0.15) is 0 Å². The first kappa shape index (κ1) is 16.8. The summed E-state index contributed by atoms with van der Waals surface area (Å²) in [6, 6.07) is 10.8. The molecule has 1 fully saturated rings. The Kier molecular flexibility index (Phi) is 6.68. The summed E-state index contributed by atoms with van der Waals surface area (Å²) in [5.74, 6) is 0.439. The molecule has 5 heteroatoms. The highest BCUT2D eigenvalue weighted by atomic mass is 16.5. The highest BCUT2D eigenvalue weighted by Crippen LogP contribution is 2.34. The second-order valence-corrected chi connectivity index (χ2v) is 5.87. The van der Waals surface area contributed by atoms with E-state index in [9.17, 15) is 4.79 Å². The van der Waals surface area contributed by atoms with Crippen molar-refractivity contribution in [1.29, 1.82) is 0 Å². The number of urea groups is 1. The SMILES string of the molecule is COCCNC(=O)NC[C@H]1CCCN(C)[C@@H]1c1ccccc1. The summed E-state index contributed by atoms with van der Waals surface area (Å²) in [6.45, 7) is 2.88. The van der Waals surface area contributed by atoms with Crippen LogP contribution in [-0.2, 0) is 4.74 Å². The third-order valence-corrected chi connectivity index (χ3v) is 4.26. The van der Waals surface area contributed by atoms with Gasteiger partial charge in [-0.15, -0.1) is 0 Å². The maximum Gasteiger partial charge on any atom is 0.314 e. The van der Waals surface area contributed by atoms with Crippen molar-refractivity contribution in [2.24, 2.45) is 5.92 Å². The molecule has 2 N–H and O–H groups in total. The molecule has 1 aliphatic heterocycles. The number of piperidine rings is 1. The van der Waals surface area contributed by atoms with Crippen LogP contribution in [0.15, 0.2) is 30.3 Å². The number of hydrogen-bond acceptors (Lipinski definition) is 3. The molecule has 0 spiro atoms. The first-order chi connectivity index (χ1) is 10.7. The van der Waals surface area contributed by atoms with E-state index in [0.717, 1.165) is 13.0 Å². The molecule has 1 saturated heterocycles. The Hall–Kier alpha value is -1.59. The van der Waals surface area contributed by atoms with E-state index in [2.05, 4.69) is 46.8 Å². The number of amides is 2. The van der Waals surface area contributed by atoms with Gasteiger partial charge in [-0.1, -0.05) is 30.3 Å². The molecular weight excluding hydrogens is 278 g/mol. The number of rotatable bonds is 6. The van der Waals surface area contributed by atoms with E-state index >= 15 is 0 Å². The monoisotopic (exact) mass is 305 g/mol. The van der Waals surface area contributed by atoms with Crippen LogP contribution in [0.4, 0.5) is 4.79 Å². The Balaban J connectivity index is 1.91. The van der Waals surface area contributed by atoms with Gasteiger partial charge in [0.05, 0.1) is 6.61 Å². The lowest BCUT2D eigenvalue weighted by Gasteiger charge is -2.39. The maximum absolute atomic E-state index is 11.8. The van der Waals surface area contributed by atoms with Crippen LogP contribution in [-0.4, -0.2) is 51.3 Å². The molecule has 1 aromatic carbocycles. The number of nitrogens with one attached hydrogen (secondary N) is 2. The minimum Gasteiger partial charge on any atom is -0.383 e. The van der Waals surface area contributed by atoms with Crippen LogP contribution in [0.25, 0.3) is 0 Å². The van der Waals surface area contributed by atoms with Crippen molar-refractivity contribution in [3.63, 3.8) is 0 Å². The largest absolute Gasteiger partial charge is 0.383 e. The standard InChI is InChI=1S/C17H27N3O2/c1-20-11-6-9-15(13-19-17(21)18-10-12-22-2)16(20)14-7-4-3-5-8-14/h3-5,7-8,15-16H,6,9-13H2,1-2H3,(H2,18,19,21)/t15-,16-/m1/s1. The van der Waals surface area contributed by atoms with Gasteiger partial charge in [0.25, 0.3) is 0 Å². The molecule has 0 aromatic heterocycles. The summed E-state index contributed by atoms with van der Waals surface area (Å²) in [5, 5.41) is 5.80. The molecule has 0 saturated carbocycles. The first-order valence-corrected chi connectivity index (χ1v) is 7.98. The van der Waals surface area contributed by atoms with Crippen LogP contribution in [0, 0.1) is 5.92 Å². The number of ether oxygens (including phenoxy) is 1. The Bertz CT molecular complexity index is 452. The van der Waals surface area contributed by atoms with E-state index in [1.165, 1.54) is 12.0 Å². The van der Waals surface area contributed by atoms with Crippen molar-refractivity contribution in [2.75, 3.05) is 40.4 Å². The van der Waals surface area contributed by atoms with E-state index in [-0.39, 0.29) is 6.03 Å². The van der Waals surface area contributed by atoms with Gasteiger partial charge in [-0.3, -0.25) is 4.90 Å². The van der Waals surface area contributed by atoms with Crippen molar-refractivity contribution < 1.29 is 9.53 Å². The highest BCUT2D eigenvalue weighted by molar-refractivity contribution is 5.73. The third-order valence-electron chi connectivity index (χ3n) is 4.26. The Morgan fingerprint density at radius 3 is 2.82 bits per heavy atom. The van der Waals surface area contributed by atoms with Gasteiger partial charge in [0, 0.05) is 26.2 Å². The number of benzene rings is 1. The van der Waals surface area contributed by atoms with Crippen molar-refractivity contribution in [2.45, 2.75) is 18.9 Å². The molecule has 0 radical (unpaired) electrons. The second kappa shape index (κ2) is 8.76. The third kappa shape index (κ3) is 4.71. The fourth-order valence-corrected chi connectivity index (χ4v) is 3.20. The van der Waals surface area contributed by atoms with E-state index in [1.807, 2.05) is 6.07 Å². The molecule has 0 bridgehead atoms. The first-order valence-electron chi connectivity index (χ1n) is 7.98. The number of carbonyl (C=O) groups is 1. The van der Waals surface area contributed by atoms with Crippen LogP contribution < -0.4 is 10.6 Å². The van der Waals surface area contributed by atoms with Crippen LogP contribution in [0.3, 0.4) is 0 Å². The lowest BCUT2D eigenvalue weighted by molar-refractivity contribution is 0.120. The van der Waals surface area contributed by atoms with Gasteiger partial charge < -0.3 is 15.4 Å². The van der Waals surface area contributed by atoms with Crippen LogP contribution in [0.2, 0.25) is 0 Å². The number of carbonyl (C=O) groups excluding carboxylic acids is 1. The molecule has 1 aromatic rings. The normalized spacial score (nSPS) is 22.3. The molecule has 22 heavy (non-hydrogen) atoms. The van der Waals surface area contributed by atoms with E-state index in [4.69, 9.17) is 4.74 Å². The fraction of sp³-hybridized carbons (Fsp3) is 0.588. The van der Waals surface area contributed by atoms with Crippen LogP contribution in [0.1, 0.15) is 24.4 Å². The van der Waals surface area contributed by atoms with Crippen molar-refractivity contribution in [3.05, 3.63) is 35.9 Å². The molecule has 2 rings (SSSR count). The molecule has 1 aliphatic rings. The second-order valence-electron chi connectivity index (χ2n) is 5.87. The minimum atomic E-state index is -0.114. The van der Waals surface area contributed by atoms with E-state index in [1.54, 1.807) is 7.11 Å². The van der Waals surface area contributed by atoms with Crippen LogP contribution >= 0.6 is 0 Å². The topological polar surface area (TPSA) is 53.6 Å². The fourth-order valence-electron chi connectivity index (χ4n) is 3.20. The molecular formula is C17H27N3O2. The number of likely N-dealkylation sites (tertiary alicyclic amines) is 1. The van der Waals surface area contributed by atoms with Crippen LogP contribution in [0.5, 0.6) is 0 Å². The number of hydrogen-bond donors (Lipinski definition) is 2. The van der Waals surface area contributed by atoms with Gasteiger partial charge in [-0.05, 0) is 37.9 Å². The quantitative estimate of drug-likeness (QED) is 0.791. The predicted molar refractivity (Wildman–Crippen MR) is 87.8 cm³/mol. The van der Waals surface area contributed by atoms with E-state index < -0.39 is 0 Å². The molecule has 2 atom stereocenters. The lowest BCUT2D eigenvalue weighted by atomic mass is 9.85. The summed E-state index contributed by atoms with van der Waals surface area (Å²) in [4.78, 5) is 14.2. The maximum atomic E-state index is 11.8. The Labute approximate surface area is 133 Å². The summed E-state index contributed by atoms with van der Waals surface area (Å²) < 4.78 is 4.93. The Morgan fingerprint density at radius 1 is 1.32 bits per heavy atom. The zero-order valence-electron chi connectivity index (χ0n) is 13.5. The highest BCUT2D eigenvalue weighted by Gasteiger charge is 2.30. The van der Waals surface area contributed by atoms with Gasteiger partial charge in [-0.25, -0.2) is 4.79 Å². The summed E-state index contributed by atoms with van der Waals surface area (Å²) in [7, 11) is 3.80. The molecule has 0 unspecified atom stereocenters. The van der Waals surface area contributed by atoms with Gasteiger partial charge in [0.15, 0.2) is 0 Å². The van der Waals surface area contributed by atoms with Gasteiger partial charge >= 0.3 is 6.03 Å². The van der Waals surface area contributed by atoms with Crippen molar-refractivity contribution in [3.8, 4) is 0 Å². The number of methoxy groups -OCH3 is 1. The molecule has 122 valence electrons. The average Bonchev–Trinajstić information content (AvgIpc) is 2.54. The summed E-state index contributed by atoms with van der Waals surface area (Å²) in [6.07, 6.45) is 2.32. The minimum absolute atomic E-state index is 0.114. The zero-order chi connectivity index (χ0) is 15.8. The lowest BCUT2D eigenvalue weighted by Crippen LogP contribution is -2.44. The van der Waals surface area contributed by atoms with E-state index in [0.29, 0.717) is 31.7 Å². The molecule has 1 heterocycles. The summed E-state index contributed by atoms with van der Waals surface area (Å²) in [5.41, 5.74) is 1.33. The molecule has 5 nitrogen and oxygen atoms in total. The van der Waals surface area contributed by atoms with Crippen molar-refractivity contribution in [1.82, 2.24) is 15.5 Å². The Morgan fingerprint density at radius 2 is 2.09 bits per heavy atom. The molecule has 0 aliphatic carbocycles. The summed E-state index contributed by atoms with van der Waals surface area (Å²) >= 11 is 0. The average molecular weight is 305 g/mol. The zero-order valence-corrected chi connectivity index (χ0v) is 13.5. The smallest absolute Gasteiger partial charge is 0.314 e.